The van der Waals surface area contributed by atoms with Crippen LogP contribution in [0, 0.1) is 13.8 Å². The standard InChI is InChI=1S/C32H32N2O6/c1-17-9-11-23-19(13-17)27(35)21-15-26-22(16-25(21)33(23)29(37)39-31(3,4)5)28(36)20-14-18(2)10-12-24(20)34(26)30(38)40-32(6,7)8/h9-16H,1-8H3. The number of nitrogens with zero attached hydrogens (tertiary/aromatic N) is 2. The van der Waals surface area contributed by atoms with E-state index < -0.39 is 23.4 Å². The van der Waals surface area contributed by atoms with Crippen LogP contribution in [-0.2, 0) is 9.47 Å². The van der Waals surface area contributed by atoms with Crippen LogP contribution < -0.4 is 10.9 Å². The van der Waals surface area contributed by atoms with Gasteiger partial charge in [-0.1, -0.05) is 23.3 Å². The average Bonchev–Trinajstić information content (AvgIpc) is 2.82. The summed E-state index contributed by atoms with van der Waals surface area (Å²) < 4.78 is 14.1. The molecule has 0 atom stereocenters. The van der Waals surface area contributed by atoms with Crippen molar-refractivity contribution in [2.24, 2.45) is 0 Å². The fourth-order valence-electron chi connectivity index (χ4n) is 4.92. The number of carbonyl (C=O) groups excluding carboxylic acids is 2. The second-order valence-corrected chi connectivity index (χ2v) is 12.2. The van der Waals surface area contributed by atoms with Gasteiger partial charge in [0.1, 0.15) is 11.2 Å². The molecule has 2 aromatic heterocycles. The Hall–Kier alpha value is -4.46. The van der Waals surface area contributed by atoms with Crippen molar-refractivity contribution >= 4 is 55.8 Å². The number of aromatic nitrogens is 2. The summed E-state index contributed by atoms with van der Waals surface area (Å²) in [6.45, 7) is 14.2. The summed E-state index contributed by atoms with van der Waals surface area (Å²) in [5.41, 5.74) is 0.549. The lowest BCUT2D eigenvalue weighted by molar-refractivity contribution is 0.0538. The minimum absolute atomic E-state index is 0.166. The molecule has 0 amide bonds. The highest BCUT2D eigenvalue weighted by Gasteiger charge is 2.26. The van der Waals surface area contributed by atoms with Gasteiger partial charge in [0.15, 0.2) is 10.9 Å². The minimum atomic E-state index is -0.808. The number of ether oxygens (including phenoxy) is 2. The Kier molecular flexibility index (Phi) is 6.13. The third-order valence-electron chi connectivity index (χ3n) is 6.51. The predicted octanol–water partition coefficient (Wildman–Crippen LogP) is 6.81. The topological polar surface area (TPSA) is 96.6 Å². The van der Waals surface area contributed by atoms with E-state index in [-0.39, 0.29) is 32.7 Å². The van der Waals surface area contributed by atoms with E-state index in [4.69, 9.17) is 9.47 Å². The van der Waals surface area contributed by atoms with Gasteiger partial charge < -0.3 is 9.47 Å². The Labute approximate surface area is 230 Å². The number of hydrogen-bond acceptors (Lipinski definition) is 6. The van der Waals surface area contributed by atoms with Crippen molar-refractivity contribution in [1.82, 2.24) is 9.13 Å². The largest absolute Gasteiger partial charge is 0.443 e. The van der Waals surface area contributed by atoms with Gasteiger partial charge in [-0.15, -0.1) is 0 Å². The van der Waals surface area contributed by atoms with Crippen molar-refractivity contribution in [3.05, 3.63) is 80.1 Å². The van der Waals surface area contributed by atoms with Gasteiger partial charge in [0.05, 0.1) is 22.1 Å². The second kappa shape index (κ2) is 9.05. The maximum Gasteiger partial charge on any atom is 0.419 e. The Balaban J connectivity index is 2.02. The average molecular weight is 541 g/mol. The Morgan fingerprint density at radius 1 is 0.550 bits per heavy atom. The molecule has 8 nitrogen and oxygen atoms in total. The van der Waals surface area contributed by atoms with Gasteiger partial charge in [0.25, 0.3) is 0 Å². The van der Waals surface area contributed by atoms with Crippen LogP contribution in [0.4, 0.5) is 9.59 Å². The summed E-state index contributed by atoms with van der Waals surface area (Å²) >= 11 is 0. The summed E-state index contributed by atoms with van der Waals surface area (Å²) in [6.07, 6.45) is -1.37. The molecule has 206 valence electrons. The van der Waals surface area contributed by atoms with Gasteiger partial charge in [0.2, 0.25) is 0 Å². The third kappa shape index (κ3) is 4.63. The smallest absolute Gasteiger partial charge is 0.419 e. The fourth-order valence-corrected chi connectivity index (χ4v) is 4.92. The van der Waals surface area contributed by atoms with E-state index in [0.717, 1.165) is 11.1 Å². The molecule has 0 saturated carbocycles. The number of benzene rings is 3. The van der Waals surface area contributed by atoms with Gasteiger partial charge in [0, 0.05) is 21.5 Å². The van der Waals surface area contributed by atoms with Crippen molar-refractivity contribution in [2.45, 2.75) is 66.6 Å². The lowest BCUT2D eigenvalue weighted by Crippen LogP contribution is -2.29. The van der Waals surface area contributed by atoms with Crippen LogP contribution >= 0.6 is 0 Å². The Morgan fingerprint density at radius 2 is 0.875 bits per heavy atom. The predicted molar refractivity (Wildman–Crippen MR) is 158 cm³/mol. The number of carbonyl (C=O) groups is 2. The molecule has 0 bridgehead atoms. The lowest BCUT2D eigenvalue weighted by atomic mass is 10.0. The summed E-state index contributed by atoms with van der Waals surface area (Å²) in [5, 5.41) is 0.972. The number of hydrogen-bond donors (Lipinski definition) is 0. The molecule has 40 heavy (non-hydrogen) atoms. The van der Waals surface area contributed by atoms with E-state index in [1.54, 1.807) is 77.9 Å². The molecule has 2 heterocycles. The summed E-state index contributed by atoms with van der Waals surface area (Å²) in [4.78, 5) is 54.9. The van der Waals surface area contributed by atoms with Gasteiger partial charge in [-0.25, -0.2) is 18.7 Å². The first-order valence-electron chi connectivity index (χ1n) is 13.1. The van der Waals surface area contributed by atoms with E-state index in [1.165, 1.54) is 21.3 Å². The molecule has 0 saturated heterocycles. The van der Waals surface area contributed by atoms with E-state index in [9.17, 15) is 19.2 Å². The van der Waals surface area contributed by atoms with Crippen LogP contribution in [0.1, 0.15) is 52.7 Å². The highest BCUT2D eigenvalue weighted by atomic mass is 16.6. The maximum atomic E-state index is 13.9. The van der Waals surface area contributed by atoms with Crippen molar-refractivity contribution in [1.29, 1.82) is 0 Å². The molecule has 0 fully saturated rings. The van der Waals surface area contributed by atoms with E-state index >= 15 is 0 Å². The Bertz CT molecular complexity index is 1870. The SMILES string of the molecule is Cc1ccc2c(c1)c(=O)c1cc3c(cc1n2C(=O)OC(C)(C)C)c(=O)c1cc(C)ccc1n3C(=O)OC(C)(C)C. The van der Waals surface area contributed by atoms with Crippen molar-refractivity contribution < 1.29 is 19.1 Å². The number of aryl methyl sites for hydroxylation is 2. The van der Waals surface area contributed by atoms with Crippen LogP contribution in [-0.4, -0.2) is 32.5 Å². The van der Waals surface area contributed by atoms with Crippen LogP contribution in [0.2, 0.25) is 0 Å². The van der Waals surface area contributed by atoms with Gasteiger partial charge in [-0.3, -0.25) is 9.59 Å². The number of pyridine rings is 2. The quantitative estimate of drug-likeness (QED) is 0.200. The molecule has 3 aromatic carbocycles. The van der Waals surface area contributed by atoms with Crippen LogP contribution in [0.25, 0.3) is 43.6 Å². The first-order valence-corrected chi connectivity index (χ1v) is 13.1. The maximum absolute atomic E-state index is 13.9. The monoisotopic (exact) mass is 540 g/mol. The van der Waals surface area contributed by atoms with E-state index in [1.807, 2.05) is 13.8 Å². The normalized spacial score (nSPS) is 12.4. The molecule has 0 spiro atoms. The first kappa shape index (κ1) is 27.1. The summed E-state index contributed by atoms with van der Waals surface area (Å²) in [6, 6.07) is 13.4. The molecule has 5 aromatic rings. The van der Waals surface area contributed by atoms with Crippen molar-refractivity contribution in [2.75, 3.05) is 0 Å². The highest BCUT2D eigenvalue weighted by molar-refractivity contribution is 6.09. The molecule has 0 aliphatic heterocycles. The van der Waals surface area contributed by atoms with E-state index in [2.05, 4.69) is 0 Å². The molecular weight excluding hydrogens is 508 g/mol. The zero-order valence-electron chi connectivity index (χ0n) is 24.0. The lowest BCUT2D eigenvalue weighted by Gasteiger charge is -2.23. The van der Waals surface area contributed by atoms with Gasteiger partial charge in [-0.2, -0.15) is 0 Å². The molecule has 0 unspecified atom stereocenters. The highest BCUT2D eigenvalue weighted by Crippen LogP contribution is 2.28. The second-order valence-electron chi connectivity index (χ2n) is 12.2. The van der Waals surface area contributed by atoms with E-state index in [0.29, 0.717) is 21.8 Å². The summed E-state index contributed by atoms with van der Waals surface area (Å²) in [5.74, 6) is 0. The molecular formula is C32H32N2O6. The first-order chi connectivity index (χ1) is 18.6. The zero-order chi connectivity index (χ0) is 29.3. The molecule has 0 aliphatic rings. The number of fused-ring (bicyclic) bond motifs is 4. The molecule has 0 radical (unpaired) electrons. The molecule has 5 rings (SSSR count). The van der Waals surface area contributed by atoms with Crippen LogP contribution in [0.5, 0.6) is 0 Å². The third-order valence-corrected chi connectivity index (χ3v) is 6.51. The minimum Gasteiger partial charge on any atom is -0.443 e. The summed E-state index contributed by atoms with van der Waals surface area (Å²) in [7, 11) is 0. The van der Waals surface area contributed by atoms with Gasteiger partial charge >= 0.3 is 12.2 Å². The van der Waals surface area contributed by atoms with Gasteiger partial charge in [-0.05, 0) is 91.8 Å². The van der Waals surface area contributed by atoms with Crippen molar-refractivity contribution in [3.63, 3.8) is 0 Å². The number of rotatable bonds is 0. The molecule has 0 N–H and O–H groups in total. The Morgan fingerprint density at radius 3 is 1.20 bits per heavy atom. The van der Waals surface area contributed by atoms with Crippen LogP contribution in [0.15, 0.2) is 58.1 Å². The van der Waals surface area contributed by atoms with Crippen molar-refractivity contribution in [3.8, 4) is 0 Å². The molecule has 8 heteroatoms. The molecule has 0 aliphatic carbocycles. The fraction of sp³-hybridized carbons (Fsp3) is 0.312. The zero-order valence-corrected chi connectivity index (χ0v) is 24.0. The van der Waals surface area contributed by atoms with Crippen LogP contribution in [0.3, 0.4) is 0 Å².